The van der Waals surface area contributed by atoms with Gasteiger partial charge < -0.3 is 10.1 Å². The van der Waals surface area contributed by atoms with E-state index in [1.165, 1.54) is 22.2 Å². The minimum atomic E-state index is -0.462. The molecule has 1 aromatic carbocycles. The molecule has 10 heteroatoms. The van der Waals surface area contributed by atoms with Crippen LogP contribution in [-0.2, 0) is 16.1 Å². The number of anilines is 1. The highest BCUT2D eigenvalue weighted by Gasteiger charge is 2.19. The molecule has 0 radical (unpaired) electrons. The lowest BCUT2D eigenvalue weighted by atomic mass is 10.1. The van der Waals surface area contributed by atoms with Crippen LogP contribution in [-0.4, -0.2) is 33.0 Å². The molecule has 4 rings (SSSR count). The van der Waals surface area contributed by atoms with Gasteiger partial charge in [-0.1, -0.05) is 55.5 Å². The fourth-order valence-corrected chi connectivity index (χ4v) is 4.95. The average Bonchev–Trinajstić information content (AvgIpc) is 3.38. The Labute approximate surface area is 197 Å². The number of carbonyl (C=O) groups excluding carboxylic acids is 2. The van der Waals surface area contributed by atoms with Crippen molar-refractivity contribution in [2.24, 2.45) is 5.92 Å². The van der Waals surface area contributed by atoms with E-state index in [4.69, 9.17) is 4.74 Å². The van der Waals surface area contributed by atoms with Crippen LogP contribution in [0.5, 0.6) is 0 Å². The van der Waals surface area contributed by atoms with Crippen LogP contribution in [0.2, 0.25) is 0 Å². The molecule has 8 nitrogen and oxygen atoms in total. The maximum absolute atomic E-state index is 13.1. The van der Waals surface area contributed by atoms with Crippen LogP contribution in [0.3, 0.4) is 0 Å². The molecule has 4 aromatic rings. The van der Waals surface area contributed by atoms with E-state index in [1.54, 1.807) is 6.92 Å². The van der Waals surface area contributed by atoms with Crippen LogP contribution in [0.1, 0.15) is 29.2 Å². The van der Waals surface area contributed by atoms with Crippen LogP contribution in [0, 0.1) is 12.8 Å². The van der Waals surface area contributed by atoms with Gasteiger partial charge in [0.2, 0.25) is 5.91 Å². The van der Waals surface area contributed by atoms with E-state index in [1.807, 2.05) is 49.6 Å². The summed E-state index contributed by atoms with van der Waals surface area (Å²) in [7, 11) is 0. The number of hydrogen-bond acceptors (Lipinski definition) is 8. The molecule has 170 valence electrons. The maximum Gasteiger partial charge on any atom is 0.350 e. The summed E-state index contributed by atoms with van der Waals surface area (Å²) in [4.78, 5) is 47.5. The molecule has 0 saturated carbocycles. The number of thiophene rings is 1. The van der Waals surface area contributed by atoms with E-state index in [9.17, 15) is 14.4 Å². The van der Waals surface area contributed by atoms with E-state index in [0.717, 1.165) is 22.5 Å². The second-order valence-corrected chi connectivity index (χ2v) is 9.70. The Morgan fingerprint density at radius 1 is 1.21 bits per heavy atom. The van der Waals surface area contributed by atoms with Gasteiger partial charge in [0.05, 0.1) is 24.0 Å². The molecule has 0 aliphatic rings. The molecule has 1 amide bonds. The highest BCUT2D eigenvalue weighted by molar-refractivity contribution is 7.17. The molecule has 3 heterocycles. The molecule has 0 aliphatic carbocycles. The van der Waals surface area contributed by atoms with Gasteiger partial charge in [-0.3, -0.25) is 14.2 Å². The molecule has 33 heavy (non-hydrogen) atoms. The van der Waals surface area contributed by atoms with Crippen molar-refractivity contribution in [1.29, 1.82) is 0 Å². The van der Waals surface area contributed by atoms with E-state index in [-0.39, 0.29) is 23.2 Å². The monoisotopic (exact) mass is 482 g/mol. The van der Waals surface area contributed by atoms with E-state index < -0.39 is 11.9 Å². The first-order valence-electron chi connectivity index (χ1n) is 10.3. The lowest BCUT2D eigenvalue weighted by Crippen LogP contribution is -2.27. The van der Waals surface area contributed by atoms with Crippen molar-refractivity contribution in [1.82, 2.24) is 14.5 Å². The van der Waals surface area contributed by atoms with Gasteiger partial charge in [0.15, 0.2) is 5.13 Å². The number of aryl methyl sites for hydroxylation is 1. The smallest absolute Gasteiger partial charge is 0.350 e. The normalized spacial score (nSPS) is 11.2. The van der Waals surface area contributed by atoms with E-state index in [2.05, 4.69) is 15.3 Å². The van der Waals surface area contributed by atoms with Crippen LogP contribution >= 0.6 is 22.7 Å². The van der Waals surface area contributed by atoms with Crippen LogP contribution in [0.25, 0.3) is 21.3 Å². The lowest BCUT2D eigenvalue weighted by molar-refractivity contribution is -0.116. The quantitative estimate of drug-likeness (QED) is 0.393. The summed E-state index contributed by atoms with van der Waals surface area (Å²) >= 11 is 2.44. The molecular weight excluding hydrogens is 460 g/mol. The summed E-state index contributed by atoms with van der Waals surface area (Å²) in [6.07, 6.45) is 1.37. The number of thiazole rings is 1. The van der Waals surface area contributed by atoms with Crippen LogP contribution in [0.4, 0.5) is 5.13 Å². The number of amides is 1. The number of hydrogen-bond donors (Lipinski definition) is 1. The van der Waals surface area contributed by atoms with Gasteiger partial charge in [0.25, 0.3) is 5.56 Å². The van der Waals surface area contributed by atoms with Crippen molar-refractivity contribution in [3.05, 3.63) is 63.0 Å². The molecule has 0 aliphatic heterocycles. The molecule has 0 atom stereocenters. The standard InChI is InChI=1S/C23H22N4O4S2/c1-13(2)10-31-22(30)19-14(3)25-23(33-19)26-17(28)9-27-12-24-20-18(21(27)29)16(11-32-20)15-7-5-4-6-8-15/h4-8,11-13H,9-10H2,1-3H3,(H,25,26,28). The second kappa shape index (κ2) is 9.63. The minimum Gasteiger partial charge on any atom is -0.461 e. The number of fused-ring (bicyclic) bond motifs is 1. The zero-order valence-electron chi connectivity index (χ0n) is 18.3. The number of aromatic nitrogens is 3. The largest absolute Gasteiger partial charge is 0.461 e. The number of rotatable bonds is 7. The first-order chi connectivity index (χ1) is 15.8. The molecular formula is C23H22N4O4S2. The summed E-state index contributed by atoms with van der Waals surface area (Å²) in [5, 5.41) is 5.32. The fourth-order valence-electron chi connectivity index (χ4n) is 3.17. The number of esters is 1. The van der Waals surface area contributed by atoms with Gasteiger partial charge in [-0.25, -0.2) is 14.8 Å². The van der Waals surface area contributed by atoms with Crippen molar-refractivity contribution < 1.29 is 14.3 Å². The van der Waals surface area contributed by atoms with Crippen LogP contribution in [0.15, 0.2) is 46.8 Å². The summed E-state index contributed by atoms with van der Waals surface area (Å²) in [5.74, 6) is -0.683. The molecule has 0 unspecified atom stereocenters. The molecule has 0 fully saturated rings. The Bertz CT molecular complexity index is 1370. The molecule has 0 spiro atoms. The topological polar surface area (TPSA) is 103 Å². The molecule has 0 saturated heterocycles. The van der Waals surface area contributed by atoms with Gasteiger partial charge >= 0.3 is 5.97 Å². The lowest BCUT2D eigenvalue weighted by Gasteiger charge is -2.06. The summed E-state index contributed by atoms with van der Waals surface area (Å²) in [6.45, 7) is 5.67. The summed E-state index contributed by atoms with van der Waals surface area (Å²) in [5.41, 5.74) is 1.90. The number of carbonyl (C=O) groups is 2. The first kappa shape index (κ1) is 22.8. The van der Waals surface area contributed by atoms with Gasteiger partial charge in [-0.05, 0) is 18.4 Å². The number of nitrogens with one attached hydrogen (secondary N) is 1. The Morgan fingerprint density at radius 2 is 1.97 bits per heavy atom. The molecule has 3 aromatic heterocycles. The third-order valence-corrected chi connectivity index (χ3v) is 6.67. The van der Waals surface area contributed by atoms with E-state index >= 15 is 0 Å². The van der Waals surface area contributed by atoms with Crippen molar-refractivity contribution in [3.8, 4) is 11.1 Å². The Kier molecular flexibility index (Phi) is 6.66. The van der Waals surface area contributed by atoms with Crippen molar-refractivity contribution in [3.63, 3.8) is 0 Å². The number of ether oxygens (including phenoxy) is 1. The Balaban J connectivity index is 1.52. The second-order valence-electron chi connectivity index (χ2n) is 7.85. The molecule has 1 N–H and O–H groups in total. The van der Waals surface area contributed by atoms with Gasteiger partial charge in [-0.2, -0.15) is 0 Å². The number of nitrogens with zero attached hydrogens (tertiary/aromatic N) is 3. The van der Waals surface area contributed by atoms with Gasteiger partial charge in [-0.15, -0.1) is 11.3 Å². The molecule has 0 bridgehead atoms. The first-order valence-corrected chi connectivity index (χ1v) is 12.0. The fraction of sp³-hybridized carbons (Fsp3) is 0.261. The predicted molar refractivity (Wildman–Crippen MR) is 130 cm³/mol. The Morgan fingerprint density at radius 3 is 2.70 bits per heavy atom. The van der Waals surface area contributed by atoms with Gasteiger partial charge in [0, 0.05) is 10.9 Å². The van der Waals surface area contributed by atoms with Gasteiger partial charge in [0.1, 0.15) is 16.3 Å². The summed E-state index contributed by atoms with van der Waals surface area (Å²) in [6, 6.07) is 9.59. The van der Waals surface area contributed by atoms with E-state index in [0.29, 0.717) is 27.4 Å². The highest BCUT2D eigenvalue weighted by Crippen LogP contribution is 2.30. The third-order valence-electron chi connectivity index (χ3n) is 4.74. The zero-order valence-corrected chi connectivity index (χ0v) is 20.0. The minimum absolute atomic E-state index is 0.219. The summed E-state index contributed by atoms with van der Waals surface area (Å²) < 4.78 is 6.52. The maximum atomic E-state index is 13.1. The van der Waals surface area contributed by atoms with Crippen molar-refractivity contribution in [2.75, 3.05) is 11.9 Å². The van der Waals surface area contributed by atoms with Crippen LogP contribution < -0.4 is 10.9 Å². The highest BCUT2D eigenvalue weighted by atomic mass is 32.1. The van der Waals surface area contributed by atoms with Crippen molar-refractivity contribution in [2.45, 2.75) is 27.3 Å². The SMILES string of the molecule is Cc1nc(NC(=O)Cn2cnc3scc(-c4ccccc4)c3c2=O)sc1C(=O)OCC(C)C. The Hall–Kier alpha value is -3.37. The zero-order chi connectivity index (χ0) is 23.5. The van der Waals surface area contributed by atoms with Crippen molar-refractivity contribution >= 4 is 49.9 Å². The average molecular weight is 483 g/mol. The predicted octanol–water partition coefficient (Wildman–Crippen LogP) is 4.34. The third kappa shape index (κ3) is 5.01. The number of benzene rings is 1.